The van der Waals surface area contributed by atoms with Gasteiger partial charge in [-0.25, -0.2) is 0 Å². The van der Waals surface area contributed by atoms with E-state index in [1.54, 1.807) is 13.2 Å². The first-order valence-corrected chi connectivity index (χ1v) is 3.32. The number of rotatable bonds is 1. The van der Waals surface area contributed by atoms with Gasteiger partial charge in [0.25, 0.3) is 0 Å². The molecular formula is C8H8BNO. The zero-order chi connectivity index (χ0) is 8.27. The van der Waals surface area contributed by atoms with Gasteiger partial charge in [0.15, 0.2) is 0 Å². The van der Waals surface area contributed by atoms with Crippen molar-refractivity contribution < 1.29 is 4.74 Å². The van der Waals surface area contributed by atoms with E-state index < -0.39 is 0 Å². The summed E-state index contributed by atoms with van der Waals surface area (Å²) in [6.07, 6.45) is 0. The van der Waals surface area contributed by atoms with Gasteiger partial charge in [0, 0.05) is 0 Å². The van der Waals surface area contributed by atoms with Gasteiger partial charge in [-0.05, 0) is 12.1 Å². The second kappa shape index (κ2) is 3.11. The molecule has 54 valence electrons. The smallest absolute Gasteiger partial charge is 0.139 e. The summed E-state index contributed by atoms with van der Waals surface area (Å²) in [7, 11) is 3.53. The standard InChI is InChI=1S/C8H8BNO/c1-11-8-4-7(9)3-2-6(8)5-10/h2-4H,9H2,1H3. The van der Waals surface area contributed by atoms with Crippen molar-refractivity contribution in [3.63, 3.8) is 0 Å². The quantitative estimate of drug-likeness (QED) is 0.513. The van der Waals surface area contributed by atoms with Gasteiger partial charge >= 0.3 is 0 Å². The highest BCUT2D eigenvalue weighted by Crippen LogP contribution is 2.13. The van der Waals surface area contributed by atoms with Gasteiger partial charge in [-0.2, -0.15) is 5.26 Å². The first-order valence-electron chi connectivity index (χ1n) is 3.32. The Labute approximate surface area is 66.8 Å². The summed E-state index contributed by atoms with van der Waals surface area (Å²) in [5, 5.41) is 8.61. The Bertz CT molecular complexity index is 303. The minimum absolute atomic E-state index is 0.582. The summed E-state index contributed by atoms with van der Waals surface area (Å²) in [5.41, 5.74) is 1.68. The number of nitrogens with zero attached hydrogens (tertiary/aromatic N) is 1. The number of benzene rings is 1. The molecule has 0 atom stereocenters. The topological polar surface area (TPSA) is 33.0 Å². The summed E-state index contributed by atoms with van der Waals surface area (Å²) >= 11 is 0. The van der Waals surface area contributed by atoms with Gasteiger partial charge in [-0.3, -0.25) is 0 Å². The molecule has 0 saturated carbocycles. The van der Waals surface area contributed by atoms with Crippen molar-refractivity contribution in [3.8, 4) is 11.8 Å². The fourth-order valence-electron chi connectivity index (χ4n) is 0.891. The van der Waals surface area contributed by atoms with Crippen molar-refractivity contribution in [1.82, 2.24) is 0 Å². The Morgan fingerprint density at radius 3 is 2.82 bits per heavy atom. The van der Waals surface area contributed by atoms with E-state index in [-0.39, 0.29) is 0 Å². The van der Waals surface area contributed by atoms with Gasteiger partial charge in [0.2, 0.25) is 0 Å². The molecule has 11 heavy (non-hydrogen) atoms. The van der Waals surface area contributed by atoms with Crippen LogP contribution >= 0.6 is 0 Å². The zero-order valence-electron chi connectivity index (χ0n) is 6.59. The van der Waals surface area contributed by atoms with Crippen LogP contribution in [-0.4, -0.2) is 15.0 Å². The Morgan fingerprint density at radius 1 is 1.55 bits per heavy atom. The lowest BCUT2D eigenvalue weighted by molar-refractivity contribution is 0.414. The molecule has 0 radical (unpaired) electrons. The fourth-order valence-corrected chi connectivity index (χ4v) is 0.891. The van der Waals surface area contributed by atoms with E-state index >= 15 is 0 Å². The van der Waals surface area contributed by atoms with Crippen molar-refractivity contribution in [3.05, 3.63) is 23.8 Å². The predicted octanol–water partition coefficient (Wildman–Crippen LogP) is -0.175. The average Bonchev–Trinajstić information content (AvgIpc) is 2.04. The Morgan fingerprint density at radius 2 is 2.27 bits per heavy atom. The summed E-state index contributed by atoms with van der Waals surface area (Å²) in [6.45, 7) is 0. The van der Waals surface area contributed by atoms with Crippen molar-refractivity contribution in [2.75, 3.05) is 7.11 Å². The molecule has 0 fully saturated rings. The maximum Gasteiger partial charge on any atom is 0.139 e. The molecule has 1 rings (SSSR count). The van der Waals surface area contributed by atoms with E-state index in [1.807, 2.05) is 26.0 Å². The average molecular weight is 145 g/mol. The van der Waals surface area contributed by atoms with Gasteiger partial charge in [0.05, 0.1) is 12.7 Å². The number of hydrogen-bond acceptors (Lipinski definition) is 2. The van der Waals surface area contributed by atoms with E-state index in [4.69, 9.17) is 10.00 Å². The van der Waals surface area contributed by atoms with Crippen LogP contribution in [0.5, 0.6) is 5.75 Å². The first kappa shape index (κ1) is 7.68. The third-order valence-corrected chi connectivity index (χ3v) is 1.48. The highest BCUT2D eigenvalue weighted by Gasteiger charge is 1.99. The largest absolute Gasteiger partial charge is 0.495 e. The number of ether oxygens (including phenoxy) is 1. The molecule has 2 nitrogen and oxygen atoms in total. The normalized spacial score (nSPS) is 8.73. The number of methoxy groups -OCH3 is 1. The first-order chi connectivity index (χ1) is 5.27. The van der Waals surface area contributed by atoms with Crippen LogP contribution in [0.2, 0.25) is 0 Å². The maximum absolute atomic E-state index is 8.61. The second-order valence-electron chi connectivity index (χ2n) is 2.32. The summed E-state index contributed by atoms with van der Waals surface area (Å²) < 4.78 is 4.99. The molecular weight excluding hydrogens is 137 g/mol. The SMILES string of the molecule is Bc1ccc(C#N)c(OC)c1. The van der Waals surface area contributed by atoms with Crippen molar-refractivity contribution in [2.24, 2.45) is 0 Å². The van der Waals surface area contributed by atoms with Gasteiger partial charge in [0.1, 0.15) is 19.7 Å². The zero-order valence-corrected chi connectivity index (χ0v) is 6.59. The molecule has 1 aromatic rings. The molecule has 3 heteroatoms. The van der Waals surface area contributed by atoms with Crippen LogP contribution in [0, 0.1) is 11.3 Å². The van der Waals surface area contributed by atoms with Crippen LogP contribution in [0.4, 0.5) is 0 Å². The van der Waals surface area contributed by atoms with Crippen LogP contribution in [0.3, 0.4) is 0 Å². The Balaban J connectivity index is 3.19. The molecule has 0 bridgehead atoms. The molecule has 0 unspecified atom stereocenters. The highest BCUT2D eigenvalue weighted by molar-refractivity contribution is 6.32. The summed E-state index contributed by atoms with van der Waals surface area (Å²) in [4.78, 5) is 0. The number of nitriles is 1. The van der Waals surface area contributed by atoms with Gasteiger partial charge < -0.3 is 4.74 Å². The van der Waals surface area contributed by atoms with Gasteiger partial charge in [-0.1, -0.05) is 11.5 Å². The number of hydrogen-bond donors (Lipinski definition) is 0. The molecule has 0 aliphatic rings. The predicted molar refractivity (Wildman–Crippen MR) is 45.9 cm³/mol. The van der Waals surface area contributed by atoms with Crippen LogP contribution in [0.25, 0.3) is 0 Å². The van der Waals surface area contributed by atoms with Crippen LogP contribution in [-0.2, 0) is 0 Å². The van der Waals surface area contributed by atoms with Crippen LogP contribution in [0.1, 0.15) is 5.56 Å². The molecule has 0 aliphatic carbocycles. The third kappa shape index (κ3) is 1.53. The van der Waals surface area contributed by atoms with E-state index in [0.29, 0.717) is 11.3 Å². The van der Waals surface area contributed by atoms with Crippen LogP contribution in [0.15, 0.2) is 18.2 Å². The van der Waals surface area contributed by atoms with Crippen LogP contribution < -0.4 is 10.2 Å². The monoisotopic (exact) mass is 145 g/mol. The second-order valence-corrected chi connectivity index (χ2v) is 2.32. The molecule has 0 aliphatic heterocycles. The van der Waals surface area contributed by atoms with E-state index in [0.717, 1.165) is 5.46 Å². The summed E-state index contributed by atoms with van der Waals surface area (Å²) in [6, 6.07) is 7.54. The minimum Gasteiger partial charge on any atom is -0.495 e. The minimum atomic E-state index is 0.582. The lowest BCUT2D eigenvalue weighted by Crippen LogP contribution is -2.02. The molecule has 0 N–H and O–H groups in total. The maximum atomic E-state index is 8.61. The molecule has 0 spiro atoms. The molecule has 1 aromatic carbocycles. The van der Waals surface area contributed by atoms with E-state index in [9.17, 15) is 0 Å². The summed E-state index contributed by atoms with van der Waals surface area (Å²) in [5.74, 6) is 0.646. The van der Waals surface area contributed by atoms with Crippen molar-refractivity contribution in [1.29, 1.82) is 5.26 Å². The van der Waals surface area contributed by atoms with E-state index in [1.165, 1.54) is 0 Å². The lowest BCUT2D eigenvalue weighted by atomic mass is 9.95. The highest BCUT2D eigenvalue weighted by atomic mass is 16.5. The lowest BCUT2D eigenvalue weighted by Gasteiger charge is -2.01. The van der Waals surface area contributed by atoms with E-state index in [2.05, 4.69) is 0 Å². The molecule has 0 heterocycles. The fraction of sp³-hybridized carbons (Fsp3) is 0.125. The third-order valence-electron chi connectivity index (χ3n) is 1.48. The van der Waals surface area contributed by atoms with Gasteiger partial charge in [-0.15, -0.1) is 0 Å². The van der Waals surface area contributed by atoms with Crippen molar-refractivity contribution in [2.45, 2.75) is 0 Å². The molecule has 0 saturated heterocycles. The Hall–Kier alpha value is -1.43. The molecule has 0 amide bonds. The molecule has 0 aromatic heterocycles. The van der Waals surface area contributed by atoms with Crippen molar-refractivity contribution >= 4 is 13.3 Å². The Kier molecular flexibility index (Phi) is 2.17.